The minimum atomic E-state index is -0.171. The maximum Gasteiger partial charge on any atom is 0.244 e. The molecule has 0 unspecified atom stereocenters. The summed E-state index contributed by atoms with van der Waals surface area (Å²) < 4.78 is 0.985. The number of hydrogen-bond donors (Lipinski definition) is 1. The Kier molecular flexibility index (Phi) is 5.32. The van der Waals surface area contributed by atoms with Crippen molar-refractivity contribution >= 4 is 39.7 Å². The first-order valence-corrected chi connectivity index (χ1v) is 7.13. The van der Waals surface area contributed by atoms with Crippen LogP contribution in [0.5, 0.6) is 0 Å². The van der Waals surface area contributed by atoms with E-state index in [4.69, 9.17) is 11.6 Å². The third kappa shape index (κ3) is 4.47. The molecule has 102 valence electrons. The van der Waals surface area contributed by atoms with Crippen molar-refractivity contribution in [2.75, 3.05) is 0 Å². The number of nitrogens with zero attached hydrogens (tertiary/aromatic N) is 1. The molecule has 0 aliphatic carbocycles. The van der Waals surface area contributed by atoms with Gasteiger partial charge in [0, 0.05) is 15.1 Å². The van der Waals surface area contributed by atoms with Gasteiger partial charge in [-0.05, 0) is 23.8 Å². The predicted molar refractivity (Wildman–Crippen MR) is 85.0 cm³/mol. The van der Waals surface area contributed by atoms with Crippen LogP contribution in [-0.4, -0.2) is 12.1 Å². The molecule has 0 aliphatic heterocycles. The van der Waals surface area contributed by atoms with Gasteiger partial charge in [0.15, 0.2) is 0 Å². The molecule has 2 rings (SSSR count). The topological polar surface area (TPSA) is 41.5 Å². The molecule has 2 aromatic carbocycles. The zero-order valence-electron chi connectivity index (χ0n) is 10.5. The molecule has 1 N–H and O–H groups in total. The highest BCUT2D eigenvalue weighted by molar-refractivity contribution is 9.10. The number of rotatable bonds is 4. The first kappa shape index (κ1) is 14.8. The van der Waals surface area contributed by atoms with E-state index in [0.717, 1.165) is 15.6 Å². The fraction of sp³-hybridized carbons (Fsp3) is 0.0667. The standard InChI is InChI=1S/C15H12BrClN2O/c16-13-7-5-11(6-8-13)9-15(20)19-18-10-12-3-1-2-4-14(12)17/h1-8,10H,9H2,(H,19,20). The van der Waals surface area contributed by atoms with Gasteiger partial charge in [-0.1, -0.05) is 57.9 Å². The number of carbonyl (C=O) groups excluding carboxylic acids is 1. The Morgan fingerprint density at radius 2 is 1.90 bits per heavy atom. The van der Waals surface area contributed by atoms with Crippen molar-refractivity contribution in [3.63, 3.8) is 0 Å². The van der Waals surface area contributed by atoms with Crippen LogP contribution >= 0.6 is 27.5 Å². The van der Waals surface area contributed by atoms with Crippen LogP contribution < -0.4 is 5.43 Å². The predicted octanol–water partition coefficient (Wildman–Crippen LogP) is 3.80. The van der Waals surface area contributed by atoms with E-state index in [1.165, 1.54) is 6.21 Å². The highest BCUT2D eigenvalue weighted by Gasteiger charge is 2.02. The second-order valence-electron chi connectivity index (χ2n) is 4.12. The van der Waals surface area contributed by atoms with Crippen molar-refractivity contribution in [1.82, 2.24) is 5.43 Å². The molecule has 0 spiro atoms. The summed E-state index contributed by atoms with van der Waals surface area (Å²) >= 11 is 9.33. The largest absolute Gasteiger partial charge is 0.273 e. The first-order valence-electron chi connectivity index (χ1n) is 5.96. The van der Waals surface area contributed by atoms with Crippen LogP contribution in [-0.2, 0) is 11.2 Å². The van der Waals surface area contributed by atoms with Gasteiger partial charge in [0.2, 0.25) is 5.91 Å². The number of hydrazone groups is 1. The zero-order chi connectivity index (χ0) is 14.4. The van der Waals surface area contributed by atoms with Gasteiger partial charge in [-0.2, -0.15) is 5.10 Å². The van der Waals surface area contributed by atoms with Gasteiger partial charge in [-0.3, -0.25) is 4.79 Å². The molecule has 0 saturated heterocycles. The second kappa shape index (κ2) is 7.22. The molecule has 0 heterocycles. The maximum atomic E-state index is 11.7. The highest BCUT2D eigenvalue weighted by Crippen LogP contribution is 2.12. The molecule has 2 aromatic rings. The van der Waals surface area contributed by atoms with E-state index >= 15 is 0 Å². The second-order valence-corrected chi connectivity index (χ2v) is 5.44. The Labute approximate surface area is 130 Å². The molecule has 1 amide bonds. The fourth-order valence-corrected chi connectivity index (χ4v) is 2.03. The summed E-state index contributed by atoms with van der Waals surface area (Å²) in [6.07, 6.45) is 1.81. The van der Waals surface area contributed by atoms with E-state index in [1.807, 2.05) is 42.5 Å². The van der Waals surface area contributed by atoms with E-state index in [0.29, 0.717) is 5.02 Å². The lowest BCUT2D eigenvalue weighted by molar-refractivity contribution is -0.120. The molecule has 0 saturated carbocycles. The molecular weight excluding hydrogens is 340 g/mol. The normalized spacial score (nSPS) is 10.7. The van der Waals surface area contributed by atoms with Crippen LogP contribution in [0, 0.1) is 0 Å². The summed E-state index contributed by atoms with van der Waals surface area (Å²) in [5.74, 6) is -0.171. The van der Waals surface area contributed by atoms with E-state index in [9.17, 15) is 4.79 Å². The SMILES string of the molecule is O=C(Cc1ccc(Br)cc1)NN=Cc1ccccc1Cl. The van der Waals surface area contributed by atoms with Crippen molar-refractivity contribution in [2.24, 2.45) is 5.10 Å². The Morgan fingerprint density at radius 3 is 2.60 bits per heavy atom. The van der Waals surface area contributed by atoms with Crippen molar-refractivity contribution in [1.29, 1.82) is 0 Å². The summed E-state index contributed by atoms with van der Waals surface area (Å²) in [6, 6.07) is 14.9. The molecule has 0 atom stereocenters. The Balaban J connectivity index is 1.89. The van der Waals surface area contributed by atoms with Crippen molar-refractivity contribution < 1.29 is 4.79 Å². The Bertz CT molecular complexity index is 626. The van der Waals surface area contributed by atoms with Crippen molar-refractivity contribution in [3.05, 3.63) is 69.2 Å². The maximum absolute atomic E-state index is 11.7. The minimum Gasteiger partial charge on any atom is -0.273 e. The Morgan fingerprint density at radius 1 is 1.20 bits per heavy atom. The van der Waals surface area contributed by atoms with E-state index in [-0.39, 0.29) is 12.3 Å². The van der Waals surface area contributed by atoms with E-state index in [1.54, 1.807) is 6.07 Å². The van der Waals surface area contributed by atoms with Gasteiger partial charge >= 0.3 is 0 Å². The molecule has 0 aromatic heterocycles. The summed E-state index contributed by atoms with van der Waals surface area (Å²) in [6.45, 7) is 0. The highest BCUT2D eigenvalue weighted by atomic mass is 79.9. The summed E-state index contributed by atoms with van der Waals surface area (Å²) in [5.41, 5.74) is 4.17. The minimum absolute atomic E-state index is 0.171. The number of benzene rings is 2. The van der Waals surface area contributed by atoms with Gasteiger partial charge in [0.05, 0.1) is 12.6 Å². The lowest BCUT2D eigenvalue weighted by atomic mass is 10.1. The number of nitrogens with one attached hydrogen (secondary N) is 1. The van der Waals surface area contributed by atoms with Crippen LogP contribution in [0.25, 0.3) is 0 Å². The molecular formula is C15H12BrClN2O. The third-order valence-electron chi connectivity index (χ3n) is 2.58. The van der Waals surface area contributed by atoms with E-state index in [2.05, 4.69) is 26.5 Å². The van der Waals surface area contributed by atoms with Crippen LogP contribution in [0.2, 0.25) is 5.02 Å². The monoisotopic (exact) mass is 350 g/mol. The van der Waals surface area contributed by atoms with Gasteiger partial charge < -0.3 is 0 Å². The molecule has 5 heteroatoms. The fourth-order valence-electron chi connectivity index (χ4n) is 1.58. The molecule has 0 radical (unpaired) electrons. The average Bonchev–Trinajstić information content (AvgIpc) is 2.43. The molecule has 0 bridgehead atoms. The number of amides is 1. The third-order valence-corrected chi connectivity index (χ3v) is 3.45. The molecule has 0 aliphatic rings. The average molecular weight is 352 g/mol. The van der Waals surface area contributed by atoms with Crippen LogP contribution in [0.4, 0.5) is 0 Å². The quantitative estimate of drug-likeness (QED) is 0.661. The number of halogens is 2. The summed E-state index contributed by atoms with van der Waals surface area (Å²) in [7, 11) is 0. The number of carbonyl (C=O) groups is 1. The van der Waals surface area contributed by atoms with Gasteiger partial charge in [0.25, 0.3) is 0 Å². The van der Waals surface area contributed by atoms with Gasteiger partial charge in [-0.15, -0.1) is 0 Å². The smallest absolute Gasteiger partial charge is 0.244 e. The molecule has 20 heavy (non-hydrogen) atoms. The lowest BCUT2D eigenvalue weighted by Crippen LogP contribution is -2.19. The lowest BCUT2D eigenvalue weighted by Gasteiger charge is -2.01. The van der Waals surface area contributed by atoms with E-state index < -0.39 is 0 Å². The van der Waals surface area contributed by atoms with Crippen molar-refractivity contribution in [2.45, 2.75) is 6.42 Å². The van der Waals surface area contributed by atoms with Crippen LogP contribution in [0.3, 0.4) is 0 Å². The molecule has 3 nitrogen and oxygen atoms in total. The Hall–Kier alpha value is -1.65. The number of hydrogen-bond acceptors (Lipinski definition) is 2. The van der Waals surface area contributed by atoms with Crippen molar-refractivity contribution in [3.8, 4) is 0 Å². The first-order chi connectivity index (χ1) is 9.65. The molecule has 0 fully saturated rings. The van der Waals surface area contributed by atoms with Crippen LogP contribution in [0.15, 0.2) is 58.1 Å². The summed E-state index contributed by atoms with van der Waals surface area (Å²) in [4.78, 5) is 11.7. The van der Waals surface area contributed by atoms with Crippen LogP contribution in [0.1, 0.15) is 11.1 Å². The van der Waals surface area contributed by atoms with Gasteiger partial charge in [0.1, 0.15) is 0 Å². The summed E-state index contributed by atoms with van der Waals surface area (Å²) in [5, 5.41) is 4.49. The van der Waals surface area contributed by atoms with Gasteiger partial charge in [-0.25, -0.2) is 5.43 Å². The zero-order valence-corrected chi connectivity index (χ0v) is 12.9.